The second-order valence-electron chi connectivity index (χ2n) is 6.97. The minimum Gasteiger partial charge on any atom is -0.497 e. The molecule has 3 aromatic rings. The van der Waals surface area contributed by atoms with E-state index in [1.54, 1.807) is 23.8 Å². The number of nitrogens with zero attached hydrogens (tertiary/aromatic N) is 3. The molecule has 0 atom stereocenters. The summed E-state index contributed by atoms with van der Waals surface area (Å²) >= 11 is 3.20. The molecule has 1 aliphatic heterocycles. The number of hydrogen-bond donors (Lipinski definition) is 0. The first-order valence-electron chi connectivity index (χ1n) is 9.88. The lowest BCUT2D eigenvalue weighted by molar-refractivity contribution is 0.0391. The Labute approximate surface area is 184 Å². The van der Waals surface area contributed by atoms with Gasteiger partial charge in [-0.1, -0.05) is 11.3 Å². The van der Waals surface area contributed by atoms with Crippen molar-refractivity contribution in [1.82, 2.24) is 9.88 Å². The molecule has 158 valence electrons. The van der Waals surface area contributed by atoms with Crippen molar-refractivity contribution < 1.29 is 14.3 Å². The fourth-order valence-electron chi connectivity index (χ4n) is 3.38. The maximum absolute atomic E-state index is 13.4. The lowest BCUT2D eigenvalue weighted by Crippen LogP contribution is -2.43. The normalized spacial score (nSPS) is 14.7. The number of anilines is 1. The Morgan fingerprint density at radius 3 is 2.70 bits per heavy atom. The van der Waals surface area contributed by atoms with Crippen LogP contribution in [0.3, 0.4) is 0 Å². The molecule has 0 unspecified atom stereocenters. The van der Waals surface area contributed by atoms with E-state index in [1.165, 1.54) is 11.3 Å². The minimum absolute atomic E-state index is 0.0260. The summed E-state index contributed by atoms with van der Waals surface area (Å²) in [6.45, 7) is 4.64. The zero-order valence-corrected chi connectivity index (χ0v) is 18.8. The smallest absolute Gasteiger partial charge is 0.260 e. The molecule has 0 spiro atoms. The molecule has 6 nitrogen and oxygen atoms in total. The fourth-order valence-corrected chi connectivity index (χ4v) is 4.76. The molecule has 1 aliphatic rings. The van der Waals surface area contributed by atoms with Gasteiger partial charge in [0, 0.05) is 42.7 Å². The predicted octanol–water partition coefficient (Wildman–Crippen LogP) is 4.01. The summed E-state index contributed by atoms with van der Waals surface area (Å²) in [5.41, 5.74) is 1.52. The summed E-state index contributed by atoms with van der Waals surface area (Å²) in [4.78, 5) is 23.5. The Bertz CT molecular complexity index is 1000. The van der Waals surface area contributed by atoms with Crippen LogP contribution in [0.5, 0.6) is 5.75 Å². The molecule has 1 saturated heterocycles. The Hall–Kier alpha value is -2.13. The molecule has 8 heteroatoms. The second-order valence-corrected chi connectivity index (χ2v) is 8.86. The van der Waals surface area contributed by atoms with Gasteiger partial charge in [0.25, 0.3) is 5.91 Å². The van der Waals surface area contributed by atoms with Crippen LogP contribution < -0.4 is 9.64 Å². The van der Waals surface area contributed by atoms with Crippen LogP contribution in [-0.4, -0.2) is 68.5 Å². The van der Waals surface area contributed by atoms with Gasteiger partial charge in [-0.2, -0.15) is 0 Å². The number of carbonyl (C=O) groups excluding carboxylic acids is 1. The van der Waals surface area contributed by atoms with Crippen molar-refractivity contribution in [2.24, 2.45) is 0 Å². The monoisotopic (exact) mass is 443 g/mol. The van der Waals surface area contributed by atoms with Crippen molar-refractivity contribution in [2.45, 2.75) is 4.90 Å². The molecule has 30 heavy (non-hydrogen) atoms. The van der Waals surface area contributed by atoms with E-state index < -0.39 is 0 Å². The van der Waals surface area contributed by atoms with Crippen molar-refractivity contribution in [2.75, 3.05) is 57.7 Å². The Morgan fingerprint density at radius 1 is 1.23 bits per heavy atom. The van der Waals surface area contributed by atoms with Crippen molar-refractivity contribution in [3.63, 3.8) is 0 Å². The van der Waals surface area contributed by atoms with Crippen LogP contribution in [0.1, 0.15) is 10.4 Å². The number of thioether (sulfide) groups is 1. The van der Waals surface area contributed by atoms with Crippen LogP contribution in [0.15, 0.2) is 47.4 Å². The average molecular weight is 444 g/mol. The fraction of sp³-hybridized carbons (Fsp3) is 0.364. The van der Waals surface area contributed by atoms with E-state index in [2.05, 4.69) is 4.90 Å². The molecule has 0 saturated carbocycles. The predicted molar refractivity (Wildman–Crippen MR) is 123 cm³/mol. The number of methoxy groups -OCH3 is 1. The highest BCUT2D eigenvalue weighted by Gasteiger charge is 2.23. The third-order valence-electron chi connectivity index (χ3n) is 5.14. The Kier molecular flexibility index (Phi) is 6.89. The SMILES string of the molecule is COc1ccc2sc(N(CCN3CCOCC3)C(=O)c3ccc(SC)cc3)nc2c1. The van der Waals surface area contributed by atoms with Gasteiger partial charge in [-0.25, -0.2) is 4.98 Å². The molecule has 0 N–H and O–H groups in total. The zero-order chi connectivity index (χ0) is 20.9. The van der Waals surface area contributed by atoms with Gasteiger partial charge >= 0.3 is 0 Å². The van der Waals surface area contributed by atoms with Gasteiger partial charge in [-0.05, 0) is 42.7 Å². The van der Waals surface area contributed by atoms with Gasteiger partial charge in [-0.3, -0.25) is 14.6 Å². The summed E-state index contributed by atoms with van der Waals surface area (Å²) in [5, 5.41) is 0.713. The van der Waals surface area contributed by atoms with E-state index in [9.17, 15) is 4.79 Å². The molecule has 0 bridgehead atoms. The van der Waals surface area contributed by atoms with Crippen LogP contribution in [-0.2, 0) is 4.74 Å². The highest BCUT2D eigenvalue weighted by Crippen LogP contribution is 2.32. The van der Waals surface area contributed by atoms with E-state index in [-0.39, 0.29) is 5.91 Å². The summed E-state index contributed by atoms with van der Waals surface area (Å²) in [6.07, 6.45) is 2.03. The summed E-state index contributed by atoms with van der Waals surface area (Å²) < 4.78 is 11.8. The number of benzene rings is 2. The van der Waals surface area contributed by atoms with Crippen molar-refractivity contribution in [1.29, 1.82) is 0 Å². The molecular weight excluding hydrogens is 418 g/mol. The van der Waals surface area contributed by atoms with Gasteiger partial charge in [0.2, 0.25) is 0 Å². The summed E-state index contributed by atoms with van der Waals surface area (Å²) in [6, 6.07) is 13.6. The van der Waals surface area contributed by atoms with Crippen LogP contribution in [0.25, 0.3) is 10.2 Å². The number of fused-ring (bicyclic) bond motifs is 1. The van der Waals surface area contributed by atoms with Gasteiger partial charge in [-0.15, -0.1) is 11.8 Å². The lowest BCUT2D eigenvalue weighted by atomic mass is 10.2. The lowest BCUT2D eigenvalue weighted by Gasteiger charge is -2.29. The van der Waals surface area contributed by atoms with E-state index in [0.717, 1.165) is 53.7 Å². The highest BCUT2D eigenvalue weighted by molar-refractivity contribution is 7.98. The number of thiazole rings is 1. The topological polar surface area (TPSA) is 54.9 Å². The van der Waals surface area contributed by atoms with Crippen molar-refractivity contribution in [3.8, 4) is 5.75 Å². The molecule has 1 aromatic heterocycles. The quantitative estimate of drug-likeness (QED) is 0.515. The number of carbonyl (C=O) groups is 1. The van der Waals surface area contributed by atoms with E-state index in [1.807, 2.05) is 48.7 Å². The summed E-state index contributed by atoms with van der Waals surface area (Å²) in [7, 11) is 1.64. The van der Waals surface area contributed by atoms with Gasteiger partial charge in [0.1, 0.15) is 5.75 Å². The van der Waals surface area contributed by atoms with Crippen LogP contribution in [0, 0.1) is 0 Å². The molecule has 0 aliphatic carbocycles. The maximum atomic E-state index is 13.4. The first-order valence-corrected chi connectivity index (χ1v) is 11.9. The molecular formula is C22H25N3O3S2. The molecule has 2 aromatic carbocycles. The van der Waals surface area contributed by atoms with Crippen molar-refractivity contribution in [3.05, 3.63) is 48.0 Å². The Balaban J connectivity index is 1.62. The highest BCUT2D eigenvalue weighted by atomic mass is 32.2. The number of ether oxygens (including phenoxy) is 2. The molecule has 1 fully saturated rings. The van der Waals surface area contributed by atoms with Crippen LogP contribution in [0.2, 0.25) is 0 Å². The number of amides is 1. The standard InChI is InChI=1S/C22H25N3O3S2/c1-27-17-5-8-20-19(15-17)23-22(30-20)25(10-9-24-11-13-28-14-12-24)21(26)16-3-6-18(29-2)7-4-16/h3-8,15H,9-14H2,1-2H3. The number of aromatic nitrogens is 1. The maximum Gasteiger partial charge on any atom is 0.260 e. The number of rotatable bonds is 7. The van der Waals surface area contributed by atoms with Crippen LogP contribution >= 0.6 is 23.1 Å². The van der Waals surface area contributed by atoms with Gasteiger partial charge < -0.3 is 9.47 Å². The largest absolute Gasteiger partial charge is 0.497 e. The zero-order valence-electron chi connectivity index (χ0n) is 17.2. The van der Waals surface area contributed by atoms with Gasteiger partial charge in [0.05, 0.1) is 30.5 Å². The minimum atomic E-state index is -0.0260. The van der Waals surface area contributed by atoms with Gasteiger partial charge in [0.15, 0.2) is 5.13 Å². The molecule has 4 rings (SSSR count). The van der Waals surface area contributed by atoms with E-state index in [0.29, 0.717) is 17.2 Å². The number of hydrogen-bond acceptors (Lipinski definition) is 7. The molecule has 0 radical (unpaired) electrons. The third-order valence-corrected chi connectivity index (χ3v) is 6.94. The number of morpholine rings is 1. The first kappa shape index (κ1) is 21.1. The molecule has 1 amide bonds. The Morgan fingerprint density at radius 2 is 2.00 bits per heavy atom. The van der Waals surface area contributed by atoms with E-state index >= 15 is 0 Å². The molecule has 2 heterocycles. The third kappa shape index (κ3) is 4.78. The van der Waals surface area contributed by atoms with E-state index in [4.69, 9.17) is 14.5 Å². The second kappa shape index (κ2) is 9.78. The van der Waals surface area contributed by atoms with Crippen LogP contribution in [0.4, 0.5) is 5.13 Å². The first-order chi connectivity index (χ1) is 14.7. The van der Waals surface area contributed by atoms with Crippen molar-refractivity contribution >= 4 is 44.4 Å². The summed E-state index contributed by atoms with van der Waals surface area (Å²) in [5.74, 6) is 0.736. The average Bonchev–Trinajstić information content (AvgIpc) is 3.22.